The van der Waals surface area contributed by atoms with Crippen LogP contribution in [0.5, 0.6) is 0 Å². The lowest BCUT2D eigenvalue weighted by molar-refractivity contribution is 0.370. The smallest absolute Gasteiger partial charge is 0.267 e. The van der Waals surface area contributed by atoms with Crippen LogP contribution in [-0.4, -0.2) is 44.8 Å². The van der Waals surface area contributed by atoms with E-state index in [-0.39, 0.29) is 11.6 Å². The van der Waals surface area contributed by atoms with Crippen LogP contribution in [0.15, 0.2) is 53.3 Å². The van der Waals surface area contributed by atoms with Crippen LogP contribution in [-0.2, 0) is 0 Å². The van der Waals surface area contributed by atoms with E-state index in [4.69, 9.17) is 15.7 Å². The molecule has 7 nitrogen and oxygen atoms in total. The van der Waals surface area contributed by atoms with Crippen LogP contribution in [0.3, 0.4) is 0 Å². The lowest BCUT2D eigenvalue weighted by Gasteiger charge is -2.23. The number of nitrogens with zero attached hydrogens (tertiary/aromatic N) is 5. The molecule has 0 radical (unpaired) electrons. The number of nitrogens with two attached hydrogens (primary N) is 1. The monoisotopic (exact) mass is 402 g/mol. The number of likely N-dealkylation sites (N-methyl/N-ethyl adjacent to an activating group) is 1. The summed E-state index contributed by atoms with van der Waals surface area (Å²) in [7, 11) is 2.09. The van der Waals surface area contributed by atoms with E-state index in [1.807, 2.05) is 44.2 Å². The minimum absolute atomic E-state index is 0.0598. The van der Waals surface area contributed by atoms with E-state index in [0.717, 1.165) is 30.6 Å². The zero-order valence-electron chi connectivity index (χ0n) is 17.5. The highest BCUT2D eigenvalue weighted by molar-refractivity contribution is 5.81. The predicted molar refractivity (Wildman–Crippen MR) is 120 cm³/mol. The summed E-state index contributed by atoms with van der Waals surface area (Å²) in [5, 5.41) is 4.59. The highest BCUT2D eigenvalue weighted by Crippen LogP contribution is 2.33. The maximum atomic E-state index is 12.2. The van der Waals surface area contributed by atoms with E-state index in [1.54, 1.807) is 6.07 Å². The molecule has 0 unspecified atom stereocenters. The lowest BCUT2D eigenvalue weighted by atomic mass is 10.0. The molecule has 3 aromatic rings. The molecular formula is C23H26N6O. The van der Waals surface area contributed by atoms with Gasteiger partial charge in [0.1, 0.15) is 28.6 Å². The van der Waals surface area contributed by atoms with E-state index in [9.17, 15) is 4.79 Å². The molecule has 1 aliphatic heterocycles. The largest absolute Gasteiger partial charge is 0.382 e. The maximum Gasteiger partial charge on any atom is 0.267 e. The summed E-state index contributed by atoms with van der Waals surface area (Å²) in [6, 6.07) is 13.0. The van der Waals surface area contributed by atoms with E-state index >= 15 is 0 Å². The second-order valence-electron chi connectivity index (χ2n) is 7.86. The average Bonchev–Trinajstić information content (AvgIpc) is 2.75. The Morgan fingerprint density at radius 3 is 2.43 bits per heavy atom. The Balaban J connectivity index is 1.94. The first-order chi connectivity index (χ1) is 14.4. The van der Waals surface area contributed by atoms with Gasteiger partial charge in [0.2, 0.25) is 0 Å². The number of nitrogen functional groups attached to an aromatic ring is 1. The van der Waals surface area contributed by atoms with Gasteiger partial charge in [-0.25, -0.2) is 14.6 Å². The molecule has 0 bridgehead atoms. The van der Waals surface area contributed by atoms with Crippen molar-refractivity contribution in [2.24, 2.45) is 0 Å². The van der Waals surface area contributed by atoms with Gasteiger partial charge in [0.05, 0.1) is 6.04 Å². The van der Waals surface area contributed by atoms with Crippen molar-refractivity contribution in [1.82, 2.24) is 24.6 Å². The number of hydrogen-bond donors (Lipinski definition) is 1. The first-order valence-electron chi connectivity index (χ1n) is 10.1. The number of hydrogen-bond acceptors (Lipinski definition) is 6. The van der Waals surface area contributed by atoms with Gasteiger partial charge in [-0.05, 0) is 39.0 Å². The molecule has 0 amide bonds. The molecule has 2 N–H and O–H groups in total. The molecule has 1 aliphatic rings. The molecule has 0 saturated carbocycles. The van der Waals surface area contributed by atoms with Crippen molar-refractivity contribution in [1.29, 1.82) is 0 Å². The van der Waals surface area contributed by atoms with Crippen LogP contribution < -0.4 is 11.3 Å². The van der Waals surface area contributed by atoms with E-state index < -0.39 is 0 Å². The van der Waals surface area contributed by atoms with Crippen LogP contribution in [0.1, 0.15) is 32.0 Å². The molecular weight excluding hydrogens is 376 g/mol. The normalized spacial score (nSPS) is 14.7. The van der Waals surface area contributed by atoms with Gasteiger partial charge in [-0.15, -0.1) is 0 Å². The van der Waals surface area contributed by atoms with E-state index in [1.165, 1.54) is 10.7 Å². The van der Waals surface area contributed by atoms with Gasteiger partial charge in [-0.1, -0.05) is 36.4 Å². The third kappa shape index (κ3) is 3.89. The van der Waals surface area contributed by atoms with Crippen molar-refractivity contribution in [3.05, 3.63) is 64.6 Å². The Hall–Kier alpha value is -3.32. The zero-order chi connectivity index (χ0) is 21.3. The third-order valence-corrected chi connectivity index (χ3v) is 5.24. The topological polar surface area (TPSA) is 89.9 Å². The Kier molecular flexibility index (Phi) is 5.46. The fourth-order valence-corrected chi connectivity index (χ4v) is 3.57. The van der Waals surface area contributed by atoms with Crippen LogP contribution in [0, 0.1) is 0 Å². The number of rotatable bonds is 4. The summed E-state index contributed by atoms with van der Waals surface area (Å²) < 4.78 is 1.47. The van der Waals surface area contributed by atoms with Crippen molar-refractivity contribution in [3.8, 4) is 22.6 Å². The van der Waals surface area contributed by atoms with Crippen molar-refractivity contribution >= 4 is 11.4 Å². The van der Waals surface area contributed by atoms with Gasteiger partial charge >= 0.3 is 0 Å². The van der Waals surface area contributed by atoms with Crippen LogP contribution in [0.4, 0.5) is 5.82 Å². The molecule has 154 valence electrons. The second kappa shape index (κ2) is 8.20. The van der Waals surface area contributed by atoms with Crippen LogP contribution in [0.2, 0.25) is 0 Å². The Morgan fingerprint density at radius 1 is 1.00 bits per heavy atom. The van der Waals surface area contributed by atoms with E-state index in [2.05, 4.69) is 23.1 Å². The summed E-state index contributed by atoms with van der Waals surface area (Å²) >= 11 is 0. The average molecular weight is 403 g/mol. The Morgan fingerprint density at radius 2 is 1.77 bits per heavy atom. The molecule has 7 heteroatoms. The van der Waals surface area contributed by atoms with Gasteiger partial charge in [0.15, 0.2) is 0 Å². The van der Waals surface area contributed by atoms with Gasteiger partial charge in [0, 0.05) is 24.7 Å². The zero-order valence-corrected chi connectivity index (χ0v) is 17.5. The van der Waals surface area contributed by atoms with Gasteiger partial charge in [0.25, 0.3) is 5.56 Å². The Bertz CT molecular complexity index is 1150. The van der Waals surface area contributed by atoms with Crippen molar-refractivity contribution in [2.75, 3.05) is 25.9 Å². The summed E-state index contributed by atoms with van der Waals surface area (Å²) in [6.07, 6.45) is 3.01. The van der Waals surface area contributed by atoms with Crippen molar-refractivity contribution < 1.29 is 0 Å². The van der Waals surface area contributed by atoms with Gasteiger partial charge < -0.3 is 10.6 Å². The highest BCUT2D eigenvalue weighted by atomic mass is 16.1. The standard InChI is InChI=1S/C23H26N6O/c1-15(2)29-19(30)10-9-18(27-29)22-20(16-7-5-4-6-8-16)26-23(24)21(25-22)17-11-13-28(3)14-12-17/h4-11,15H,12-14H2,1-3H3,(H2,24,26). The number of anilines is 1. The molecule has 30 heavy (non-hydrogen) atoms. The van der Waals surface area contributed by atoms with Crippen LogP contribution in [0.25, 0.3) is 28.2 Å². The quantitative estimate of drug-likeness (QED) is 0.720. The van der Waals surface area contributed by atoms with Crippen molar-refractivity contribution in [3.63, 3.8) is 0 Å². The molecule has 1 aromatic carbocycles. The third-order valence-electron chi connectivity index (χ3n) is 5.24. The molecule has 0 spiro atoms. The first-order valence-corrected chi connectivity index (χ1v) is 10.1. The minimum atomic E-state index is -0.142. The first kappa shape index (κ1) is 20.0. The molecule has 4 rings (SSSR count). The maximum absolute atomic E-state index is 12.2. The molecule has 0 fully saturated rings. The van der Waals surface area contributed by atoms with Gasteiger partial charge in [-0.3, -0.25) is 4.79 Å². The van der Waals surface area contributed by atoms with E-state index in [0.29, 0.717) is 28.6 Å². The SMILES string of the molecule is CC(C)n1nc(-c2nc(C3=CCN(C)CC3)c(N)nc2-c2ccccc2)ccc1=O. The molecule has 3 heterocycles. The number of benzene rings is 1. The summed E-state index contributed by atoms with van der Waals surface area (Å²) in [5.74, 6) is 0.408. The summed E-state index contributed by atoms with van der Waals surface area (Å²) in [6.45, 7) is 5.65. The van der Waals surface area contributed by atoms with Gasteiger partial charge in [-0.2, -0.15) is 5.10 Å². The fourth-order valence-electron chi connectivity index (χ4n) is 3.57. The Labute approximate surface area is 175 Å². The molecule has 2 aromatic heterocycles. The summed E-state index contributed by atoms with van der Waals surface area (Å²) in [4.78, 5) is 24.2. The summed E-state index contributed by atoms with van der Waals surface area (Å²) in [5.41, 5.74) is 10.8. The van der Waals surface area contributed by atoms with Crippen molar-refractivity contribution in [2.45, 2.75) is 26.3 Å². The minimum Gasteiger partial charge on any atom is -0.382 e. The molecule has 0 atom stereocenters. The fraction of sp³-hybridized carbons (Fsp3) is 0.304. The predicted octanol–water partition coefficient (Wildman–Crippen LogP) is 3.25. The molecule has 0 aliphatic carbocycles. The lowest BCUT2D eigenvalue weighted by Crippen LogP contribution is -2.25. The number of aromatic nitrogens is 4. The highest BCUT2D eigenvalue weighted by Gasteiger charge is 2.21. The molecule has 0 saturated heterocycles. The van der Waals surface area contributed by atoms with Crippen LogP contribution >= 0.6 is 0 Å². The second-order valence-corrected chi connectivity index (χ2v) is 7.86.